The Kier molecular flexibility index (Phi) is 8.89. The van der Waals surface area contributed by atoms with Crippen LogP contribution in [0.1, 0.15) is 61.4 Å². The van der Waals surface area contributed by atoms with E-state index in [0.717, 1.165) is 22.6 Å². The molecule has 0 bridgehead atoms. The summed E-state index contributed by atoms with van der Waals surface area (Å²) in [6, 6.07) is 13.2. The number of nitrogens with two attached hydrogens (primary N) is 1. The molecule has 3 rings (SSSR count). The van der Waals surface area contributed by atoms with E-state index in [-0.39, 0.29) is 30.5 Å². The highest BCUT2D eigenvalue weighted by Gasteiger charge is 2.18. The van der Waals surface area contributed by atoms with Crippen LogP contribution in [-0.4, -0.2) is 33.2 Å². The Morgan fingerprint density at radius 2 is 1.88 bits per heavy atom. The average molecular weight is 484 g/mol. The monoisotopic (exact) mass is 483 g/mol. The zero-order chi connectivity index (χ0) is 24.8. The molecule has 182 valence electrons. The van der Waals surface area contributed by atoms with E-state index in [4.69, 9.17) is 22.1 Å². The number of carbonyl (C=O) groups excluding carboxylic acids is 1. The van der Waals surface area contributed by atoms with E-state index in [0.29, 0.717) is 35.6 Å². The minimum Gasteiger partial charge on any atom is -0.489 e. The molecule has 2 aromatic carbocycles. The minimum atomic E-state index is -0.136. The second-order valence-corrected chi connectivity index (χ2v) is 9.51. The molecule has 0 radical (unpaired) electrons. The van der Waals surface area contributed by atoms with Crippen LogP contribution in [0.15, 0.2) is 48.7 Å². The molecular weight excluding hydrogens is 450 g/mol. The lowest BCUT2D eigenvalue weighted by Gasteiger charge is -2.16. The van der Waals surface area contributed by atoms with Gasteiger partial charge in [-0.05, 0) is 63.3 Å². The Hall–Kier alpha value is -2.67. The number of hydrogen-bond donors (Lipinski definition) is 2. The van der Waals surface area contributed by atoms with E-state index in [1.54, 1.807) is 18.2 Å². The Balaban J connectivity index is 1.68. The molecule has 3 aromatic rings. The quantitative estimate of drug-likeness (QED) is 0.358. The minimum absolute atomic E-state index is 0.00307. The third-order valence-corrected chi connectivity index (χ3v) is 6.02. The van der Waals surface area contributed by atoms with Crippen LogP contribution in [-0.2, 0) is 13.5 Å². The summed E-state index contributed by atoms with van der Waals surface area (Å²) in [5.74, 6) is 1.43. The lowest BCUT2D eigenvalue weighted by Crippen LogP contribution is -2.13. The molecule has 0 amide bonds. The summed E-state index contributed by atoms with van der Waals surface area (Å²) in [6.45, 7) is 5.80. The van der Waals surface area contributed by atoms with Crippen molar-refractivity contribution in [2.75, 3.05) is 6.61 Å². The maximum atomic E-state index is 12.9. The van der Waals surface area contributed by atoms with Crippen molar-refractivity contribution in [2.45, 2.75) is 52.2 Å². The highest BCUT2D eigenvalue weighted by atomic mass is 35.5. The van der Waals surface area contributed by atoms with E-state index in [2.05, 4.69) is 17.1 Å². The summed E-state index contributed by atoms with van der Waals surface area (Å²) < 4.78 is 7.60. The molecule has 1 unspecified atom stereocenters. The van der Waals surface area contributed by atoms with Gasteiger partial charge >= 0.3 is 0 Å². The summed E-state index contributed by atoms with van der Waals surface area (Å²) >= 11 is 6.31. The van der Waals surface area contributed by atoms with Gasteiger partial charge in [-0.15, -0.1) is 0 Å². The van der Waals surface area contributed by atoms with Crippen molar-refractivity contribution in [3.05, 3.63) is 70.6 Å². The topological polar surface area (TPSA) is 90.4 Å². The number of benzene rings is 2. The van der Waals surface area contributed by atoms with Gasteiger partial charge in [0.1, 0.15) is 11.6 Å². The van der Waals surface area contributed by atoms with Gasteiger partial charge in [-0.2, -0.15) is 0 Å². The molecule has 0 aliphatic carbocycles. The van der Waals surface area contributed by atoms with Gasteiger partial charge in [-0.1, -0.05) is 35.9 Å². The Morgan fingerprint density at radius 1 is 1.18 bits per heavy atom. The van der Waals surface area contributed by atoms with E-state index >= 15 is 0 Å². The summed E-state index contributed by atoms with van der Waals surface area (Å²) in [7, 11) is 1.94. The highest BCUT2D eigenvalue weighted by molar-refractivity contribution is 6.32. The number of aryl methyl sites for hydroxylation is 1. The first kappa shape index (κ1) is 25.9. The van der Waals surface area contributed by atoms with Crippen molar-refractivity contribution in [3.63, 3.8) is 0 Å². The largest absolute Gasteiger partial charge is 0.489 e. The van der Waals surface area contributed by atoms with Gasteiger partial charge in [0, 0.05) is 37.4 Å². The molecule has 0 aliphatic rings. The van der Waals surface area contributed by atoms with E-state index in [1.165, 1.54) is 0 Å². The first-order valence-electron chi connectivity index (χ1n) is 11.7. The first-order chi connectivity index (χ1) is 16.2. The summed E-state index contributed by atoms with van der Waals surface area (Å²) in [5, 5.41) is 9.99. The fourth-order valence-corrected chi connectivity index (χ4v) is 4.28. The van der Waals surface area contributed by atoms with Crippen LogP contribution < -0.4 is 10.5 Å². The van der Waals surface area contributed by atoms with Gasteiger partial charge < -0.3 is 20.1 Å². The van der Waals surface area contributed by atoms with Crippen LogP contribution in [0.25, 0.3) is 11.3 Å². The van der Waals surface area contributed by atoms with E-state index < -0.39 is 0 Å². The zero-order valence-electron chi connectivity index (χ0n) is 20.3. The smallest absolute Gasteiger partial charge is 0.163 e. The fourth-order valence-electron chi connectivity index (χ4n) is 4.05. The van der Waals surface area contributed by atoms with Crippen molar-refractivity contribution in [1.29, 1.82) is 0 Å². The number of rotatable bonds is 11. The van der Waals surface area contributed by atoms with Crippen LogP contribution in [0, 0.1) is 5.92 Å². The van der Waals surface area contributed by atoms with Crippen LogP contribution in [0.4, 0.5) is 0 Å². The van der Waals surface area contributed by atoms with Crippen LogP contribution in [0.3, 0.4) is 0 Å². The summed E-state index contributed by atoms with van der Waals surface area (Å²) in [5.41, 5.74) is 9.54. The van der Waals surface area contributed by atoms with Gasteiger partial charge in [0.2, 0.25) is 0 Å². The molecule has 7 heteroatoms. The molecule has 3 N–H and O–H groups in total. The number of nitrogens with zero attached hydrogens (tertiary/aromatic N) is 2. The number of ether oxygens (including phenoxy) is 1. The predicted molar refractivity (Wildman–Crippen MR) is 136 cm³/mol. The number of carbonyl (C=O) groups is 1. The molecule has 0 saturated carbocycles. The molecule has 0 spiro atoms. The predicted octanol–water partition coefficient (Wildman–Crippen LogP) is 5.36. The molecule has 0 fully saturated rings. The van der Waals surface area contributed by atoms with Gasteiger partial charge in [0.25, 0.3) is 0 Å². The number of ketones is 1. The number of imidazole rings is 1. The molecule has 34 heavy (non-hydrogen) atoms. The Bertz CT molecular complexity index is 1110. The number of Topliss-reactive ketones (excluding diaryl/α,β-unsaturated/α-hetero) is 1. The second kappa shape index (κ2) is 11.6. The van der Waals surface area contributed by atoms with E-state index in [9.17, 15) is 9.90 Å². The van der Waals surface area contributed by atoms with Crippen molar-refractivity contribution < 1.29 is 14.6 Å². The third-order valence-electron chi connectivity index (χ3n) is 5.72. The molecule has 1 aromatic heterocycles. The van der Waals surface area contributed by atoms with Crippen LogP contribution in [0.2, 0.25) is 5.02 Å². The maximum Gasteiger partial charge on any atom is 0.163 e. The van der Waals surface area contributed by atoms with Gasteiger partial charge in [-0.25, -0.2) is 4.98 Å². The first-order valence-corrected chi connectivity index (χ1v) is 12.0. The number of aromatic nitrogens is 2. The Morgan fingerprint density at radius 3 is 2.44 bits per heavy atom. The number of aliphatic hydroxyl groups is 1. The normalized spacial score (nSPS) is 13.2. The fraction of sp³-hybridized carbons (Fsp3) is 0.407. The van der Waals surface area contributed by atoms with Gasteiger partial charge in [0.05, 0.1) is 22.9 Å². The highest BCUT2D eigenvalue weighted by Crippen LogP contribution is 2.28. The molecule has 6 nitrogen and oxygen atoms in total. The molecule has 1 heterocycles. The van der Waals surface area contributed by atoms with Crippen molar-refractivity contribution in [3.8, 4) is 17.0 Å². The van der Waals surface area contributed by atoms with Gasteiger partial charge in [-0.3, -0.25) is 4.79 Å². The average Bonchev–Trinajstić information content (AvgIpc) is 3.17. The van der Waals surface area contributed by atoms with Crippen molar-refractivity contribution in [2.24, 2.45) is 18.7 Å². The van der Waals surface area contributed by atoms with Crippen LogP contribution >= 0.6 is 11.6 Å². The second-order valence-electron chi connectivity index (χ2n) is 9.10. The van der Waals surface area contributed by atoms with Gasteiger partial charge in [0.15, 0.2) is 5.78 Å². The third kappa shape index (κ3) is 6.69. The SMILES string of the molecule is CC(C)Oc1ccc(C(=O)C[C@H](CCO)Cc2ccc(-c3cn(C)c(C(C)N)n3)cc2)cc1Cl. The summed E-state index contributed by atoms with van der Waals surface area (Å²) in [6.07, 6.45) is 3.56. The van der Waals surface area contributed by atoms with Crippen molar-refractivity contribution in [1.82, 2.24) is 9.55 Å². The number of halogens is 1. The number of aliphatic hydroxyl groups excluding tert-OH is 1. The molecular formula is C27H34ClN3O3. The van der Waals surface area contributed by atoms with Crippen LogP contribution in [0.5, 0.6) is 5.75 Å². The van der Waals surface area contributed by atoms with Crippen molar-refractivity contribution >= 4 is 17.4 Å². The number of hydrogen-bond acceptors (Lipinski definition) is 5. The standard InChI is InChI=1S/C27H34ClN3O3/c1-17(2)34-26-10-9-22(15-23(26)28)25(33)14-20(11-12-32)13-19-5-7-21(8-6-19)24-16-31(4)27(30-24)18(3)29/h5-10,15-18,20,32H,11-14,29H2,1-4H3/t18?,20-/m1/s1. The lowest BCUT2D eigenvalue weighted by atomic mass is 9.89. The molecule has 0 aliphatic heterocycles. The van der Waals surface area contributed by atoms with E-state index in [1.807, 2.05) is 50.7 Å². The summed E-state index contributed by atoms with van der Waals surface area (Å²) in [4.78, 5) is 17.6. The maximum absolute atomic E-state index is 12.9. The Labute approximate surface area is 206 Å². The zero-order valence-corrected chi connectivity index (χ0v) is 21.0. The molecule has 0 saturated heterocycles. The lowest BCUT2D eigenvalue weighted by molar-refractivity contribution is 0.0953. The molecule has 2 atom stereocenters.